The minimum Gasteiger partial charge on any atom is -0.492 e. The maximum atomic E-state index is 12.2. The molecule has 2 aromatic carbocycles. The highest BCUT2D eigenvalue weighted by Gasteiger charge is 2.13. The molecule has 0 bridgehead atoms. The molecule has 1 N–H and O–H groups in total. The number of aryl methyl sites for hydroxylation is 2. The first-order valence-electron chi connectivity index (χ1n) is 6.84. The average Bonchev–Trinajstić information content (AvgIpc) is 2.48. The van der Waals surface area contributed by atoms with Crippen molar-refractivity contribution in [1.29, 1.82) is 0 Å². The maximum Gasteiger partial charge on any atom is 0.240 e. The van der Waals surface area contributed by atoms with Gasteiger partial charge in [0.15, 0.2) is 0 Å². The fourth-order valence-corrected chi connectivity index (χ4v) is 3.20. The van der Waals surface area contributed by atoms with E-state index in [4.69, 9.17) is 4.74 Å². The van der Waals surface area contributed by atoms with E-state index in [-0.39, 0.29) is 18.0 Å². The summed E-state index contributed by atoms with van der Waals surface area (Å²) in [4.78, 5) is 0.277. The van der Waals surface area contributed by atoms with E-state index >= 15 is 0 Å². The van der Waals surface area contributed by atoms with Gasteiger partial charge in [-0.15, -0.1) is 0 Å². The van der Waals surface area contributed by atoms with Crippen LogP contribution < -0.4 is 9.46 Å². The van der Waals surface area contributed by atoms with Crippen LogP contribution in [0.3, 0.4) is 0 Å². The molecule has 0 radical (unpaired) electrons. The van der Waals surface area contributed by atoms with E-state index in [1.165, 1.54) is 0 Å². The second-order valence-corrected chi connectivity index (χ2v) is 7.63. The minimum absolute atomic E-state index is 0.214. The zero-order valence-electron chi connectivity index (χ0n) is 12.5. The van der Waals surface area contributed by atoms with Crippen LogP contribution >= 0.6 is 15.9 Å². The van der Waals surface area contributed by atoms with Gasteiger partial charge < -0.3 is 4.74 Å². The first kappa shape index (κ1) is 17.0. The highest BCUT2D eigenvalue weighted by molar-refractivity contribution is 9.10. The topological polar surface area (TPSA) is 55.4 Å². The maximum absolute atomic E-state index is 12.2. The number of sulfonamides is 1. The standard InChI is InChI=1S/C16H18BrNO3S/c1-12-3-8-16(11-13(12)2)22(19,20)18-9-10-21-15-6-4-14(17)5-7-15/h3-8,11,18H,9-10H2,1-2H3. The quantitative estimate of drug-likeness (QED) is 0.777. The third-order valence-corrected chi connectivity index (χ3v) is 5.25. The lowest BCUT2D eigenvalue weighted by atomic mass is 10.1. The SMILES string of the molecule is Cc1ccc(S(=O)(=O)NCCOc2ccc(Br)cc2)cc1C. The van der Waals surface area contributed by atoms with Crippen LogP contribution in [0.1, 0.15) is 11.1 Å². The smallest absolute Gasteiger partial charge is 0.240 e. The van der Waals surface area contributed by atoms with E-state index < -0.39 is 10.0 Å². The number of rotatable bonds is 6. The predicted octanol–water partition coefficient (Wildman–Crippen LogP) is 3.42. The van der Waals surface area contributed by atoms with Crippen molar-refractivity contribution in [1.82, 2.24) is 4.72 Å². The van der Waals surface area contributed by atoms with Gasteiger partial charge in [-0.2, -0.15) is 0 Å². The molecule has 0 atom stereocenters. The number of nitrogens with one attached hydrogen (secondary N) is 1. The molecule has 2 aromatic rings. The van der Waals surface area contributed by atoms with Crippen LogP contribution in [0.5, 0.6) is 5.75 Å². The second-order valence-electron chi connectivity index (χ2n) is 4.95. The largest absolute Gasteiger partial charge is 0.492 e. The van der Waals surface area contributed by atoms with Crippen molar-refractivity contribution in [2.24, 2.45) is 0 Å². The summed E-state index contributed by atoms with van der Waals surface area (Å²) in [6.07, 6.45) is 0. The van der Waals surface area contributed by atoms with Crippen molar-refractivity contribution in [2.45, 2.75) is 18.7 Å². The molecular formula is C16H18BrNO3S. The Morgan fingerprint density at radius 3 is 2.36 bits per heavy atom. The zero-order chi connectivity index (χ0) is 16.2. The molecule has 0 unspecified atom stereocenters. The van der Waals surface area contributed by atoms with E-state index in [0.29, 0.717) is 5.75 Å². The molecule has 0 aliphatic rings. The van der Waals surface area contributed by atoms with Crippen molar-refractivity contribution in [2.75, 3.05) is 13.2 Å². The molecule has 2 rings (SSSR count). The molecule has 0 aliphatic heterocycles. The summed E-state index contributed by atoms with van der Waals surface area (Å²) in [7, 11) is -3.50. The molecule has 22 heavy (non-hydrogen) atoms. The van der Waals surface area contributed by atoms with Gasteiger partial charge in [0, 0.05) is 11.0 Å². The molecule has 0 fully saturated rings. The van der Waals surface area contributed by atoms with Gasteiger partial charge in [-0.1, -0.05) is 22.0 Å². The Morgan fingerprint density at radius 1 is 1.05 bits per heavy atom. The van der Waals surface area contributed by atoms with E-state index in [1.807, 2.05) is 44.2 Å². The van der Waals surface area contributed by atoms with Gasteiger partial charge in [0.25, 0.3) is 0 Å². The average molecular weight is 384 g/mol. The lowest BCUT2D eigenvalue weighted by Gasteiger charge is -2.10. The molecule has 0 spiro atoms. The second kappa shape index (κ2) is 7.26. The van der Waals surface area contributed by atoms with Crippen LogP contribution in [-0.4, -0.2) is 21.6 Å². The molecule has 4 nitrogen and oxygen atoms in total. The van der Waals surface area contributed by atoms with Gasteiger partial charge in [-0.05, 0) is 61.4 Å². The summed E-state index contributed by atoms with van der Waals surface area (Å²) in [6.45, 7) is 4.33. The van der Waals surface area contributed by atoms with Gasteiger partial charge in [0.1, 0.15) is 12.4 Å². The van der Waals surface area contributed by atoms with Crippen molar-refractivity contribution in [3.63, 3.8) is 0 Å². The zero-order valence-corrected chi connectivity index (χ0v) is 14.9. The van der Waals surface area contributed by atoms with Crippen molar-refractivity contribution < 1.29 is 13.2 Å². The van der Waals surface area contributed by atoms with E-state index in [9.17, 15) is 8.42 Å². The first-order valence-corrected chi connectivity index (χ1v) is 9.11. The van der Waals surface area contributed by atoms with Crippen LogP contribution in [0.4, 0.5) is 0 Å². The summed E-state index contributed by atoms with van der Waals surface area (Å²) in [5, 5.41) is 0. The highest BCUT2D eigenvalue weighted by Crippen LogP contribution is 2.16. The fourth-order valence-electron chi connectivity index (χ4n) is 1.84. The number of benzene rings is 2. The van der Waals surface area contributed by atoms with Gasteiger partial charge >= 0.3 is 0 Å². The summed E-state index contributed by atoms with van der Waals surface area (Å²) >= 11 is 3.34. The van der Waals surface area contributed by atoms with Crippen LogP contribution in [0.25, 0.3) is 0 Å². The summed E-state index contributed by atoms with van der Waals surface area (Å²) in [5.74, 6) is 0.702. The monoisotopic (exact) mass is 383 g/mol. The third-order valence-electron chi connectivity index (χ3n) is 3.27. The predicted molar refractivity (Wildman–Crippen MR) is 90.7 cm³/mol. The normalized spacial score (nSPS) is 11.4. The Hall–Kier alpha value is -1.37. The van der Waals surface area contributed by atoms with E-state index in [1.54, 1.807) is 12.1 Å². The molecule has 0 amide bonds. The van der Waals surface area contributed by atoms with Crippen LogP contribution in [0.15, 0.2) is 51.8 Å². The van der Waals surface area contributed by atoms with E-state index in [0.717, 1.165) is 15.6 Å². The molecule has 0 saturated heterocycles. The molecule has 6 heteroatoms. The third kappa shape index (κ3) is 4.56. The van der Waals surface area contributed by atoms with Gasteiger partial charge in [-0.25, -0.2) is 13.1 Å². The fraction of sp³-hybridized carbons (Fsp3) is 0.250. The Bertz CT molecular complexity index is 742. The number of halogens is 1. The van der Waals surface area contributed by atoms with Gasteiger partial charge in [-0.3, -0.25) is 0 Å². The van der Waals surface area contributed by atoms with Crippen molar-refractivity contribution >= 4 is 26.0 Å². The van der Waals surface area contributed by atoms with Gasteiger partial charge in [0.05, 0.1) is 4.90 Å². The Labute approximate surface area is 139 Å². The summed E-state index contributed by atoms with van der Waals surface area (Å²) < 4.78 is 33.4. The molecule has 0 saturated carbocycles. The molecular weight excluding hydrogens is 366 g/mol. The lowest BCUT2D eigenvalue weighted by molar-refractivity contribution is 0.323. The molecule has 0 aromatic heterocycles. The number of hydrogen-bond donors (Lipinski definition) is 1. The molecule has 0 aliphatic carbocycles. The minimum atomic E-state index is -3.50. The Kier molecular flexibility index (Phi) is 5.61. The van der Waals surface area contributed by atoms with Crippen LogP contribution in [0.2, 0.25) is 0 Å². The van der Waals surface area contributed by atoms with Crippen LogP contribution in [-0.2, 0) is 10.0 Å². The summed E-state index contributed by atoms with van der Waals surface area (Å²) in [6, 6.07) is 12.5. The lowest BCUT2D eigenvalue weighted by Crippen LogP contribution is -2.28. The summed E-state index contributed by atoms with van der Waals surface area (Å²) in [5.41, 5.74) is 2.02. The molecule has 118 valence electrons. The van der Waals surface area contributed by atoms with Crippen molar-refractivity contribution in [3.05, 3.63) is 58.1 Å². The van der Waals surface area contributed by atoms with Crippen molar-refractivity contribution in [3.8, 4) is 5.75 Å². The first-order chi connectivity index (χ1) is 10.4. The molecule has 0 heterocycles. The Balaban J connectivity index is 1.89. The van der Waals surface area contributed by atoms with E-state index in [2.05, 4.69) is 20.7 Å². The highest BCUT2D eigenvalue weighted by atomic mass is 79.9. The number of ether oxygens (including phenoxy) is 1. The van der Waals surface area contributed by atoms with Gasteiger partial charge in [0.2, 0.25) is 10.0 Å². The number of hydrogen-bond acceptors (Lipinski definition) is 3. The van der Waals surface area contributed by atoms with Crippen LogP contribution in [0, 0.1) is 13.8 Å². The Morgan fingerprint density at radius 2 is 1.73 bits per heavy atom.